The molecule has 0 radical (unpaired) electrons. The van der Waals surface area contributed by atoms with E-state index in [1.807, 2.05) is 13.8 Å². The molecule has 0 aliphatic carbocycles. The van der Waals surface area contributed by atoms with Gasteiger partial charge in [0.25, 0.3) is 0 Å². The molecule has 6 heteroatoms. The van der Waals surface area contributed by atoms with Gasteiger partial charge in [0, 0.05) is 38.0 Å². The molecule has 6 nitrogen and oxygen atoms in total. The Hall–Kier alpha value is -1.27. The molecule has 0 aromatic carbocycles. The summed E-state index contributed by atoms with van der Waals surface area (Å²) in [4.78, 5) is 20.6. The highest BCUT2D eigenvalue weighted by atomic mass is 16.5. The van der Waals surface area contributed by atoms with Crippen molar-refractivity contribution in [3.05, 3.63) is 11.7 Å². The number of Topliss-reactive ketones (excluding diaryl/α,β-unsaturated/α-hetero) is 1. The minimum Gasteiger partial charge on any atom is -0.339 e. The number of piperazine rings is 1. The summed E-state index contributed by atoms with van der Waals surface area (Å²) in [5.74, 6) is 1.27. The van der Waals surface area contributed by atoms with Crippen molar-refractivity contribution in [2.75, 3.05) is 33.7 Å². The van der Waals surface area contributed by atoms with Crippen LogP contribution < -0.4 is 0 Å². The first-order valence-corrected chi connectivity index (χ1v) is 7.18. The molecule has 1 saturated heterocycles. The number of aromatic nitrogens is 2. The van der Waals surface area contributed by atoms with Gasteiger partial charge in [-0.1, -0.05) is 19.0 Å². The van der Waals surface area contributed by atoms with Crippen LogP contribution in [-0.4, -0.2) is 65.5 Å². The van der Waals surface area contributed by atoms with E-state index in [1.54, 1.807) is 0 Å². The Balaban J connectivity index is 1.93. The van der Waals surface area contributed by atoms with Crippen molar-refractivity contribution in [2.24, 2.45) is 5.92 Å². The van der Waals surface area contributed by atoms with E-state index in [2.05, 4.69) is 34.0 Å². The zero-order valence-electron chi connectivity index (χ0n) is 12.8. The molecule has 1 atom stereocenters. The molecule has 1 aromatic rings. The molecular weight excluding hydrogens is 256 g/mol. The Morgan fingerprint density at radius 2 is 2.15 bits per heavy atom. The van der Waals surface area contributed by atoms with Gasteiger partial charge in [-0.3, -0.25) is 4.79 Å². The summed E-state index contributed by atoms with van der Waals surface area (Å²) < 4.78 is 5.18. The van der Waals surface area contributed by atoms with Crippen LogP contribution in [0.25, 0.3) is 0 Å². The predicted molar refractivity (Wildman–Crippen MR) is 75.5 cm³/mol. The summed E-state index contributed by atoms with van der Waals surface area (Å²) in [5.41, 5.74) is 0. The topological polar surface area (TPSA) is 62.5 Å². The molecule has 0 N–H and O–H groups in total. The highest BCUT2D eigenvalue weighted by Gasteiger charge is 2.24. The van der Waals surface area contributed by atoms with Crippen molar-refractivity contribution in [2.45, 2.75) is 32.7 Å². The molecule has 2 heterocycles. The van der Waals surface area contributed by atoms with E-state index in [1.165, 1.54) is 0 Å². The van der Waals surface area contributed by atoms with Gasteiger partial charge >= 0.3 is 0 Å². The Bertz CT molecular complexity index is 458. The number of carbonyl (C=O) groups excluding carboxylic acids is 1. The molecule has 1 unspecified atom stereocenters. The van der Waals surface area contributed by atoms with E-state index in [9.17, 15) is 4.79 Å². The van der Waals surface area contributed by atoms with E-state index in [4.69, 9.17) is 4.52 Å². The molecule has 1 fully saturated rings. The van der Waals surface area contributed by atoms with Gasteiger partial charge in [-0.15, -0.1) is 0 Å². The molecule has 0 bridgehead atoms. The van der Waals surface area contributed by atoms with Crippen LogP contribution in [0.15, 0.2) is 4.52 Å². The lowest BCUT2D eigenvalue weighted by atomic mass is 10.1. The molecule has 0 spiro atoms. The van der Waals surface area contributed by atoms with Crippen molar-refractivity contribution in [3.8, 4) is 0 Å². The summed E-state index contributed by atoms with van der Waals surface area (Å²) in [6, 6.07) is 0.403. The van der Waals surface area contributed by atoms with Gasteiger partial charge in [0.1, 0.15) is 5.78 Å². The lowest BCUT2D eigenvalue weighted by Crippen LogP contribution is -2.50. The fourth-order valence-corrected chi connectivity index (χ4v) is 2.33. The summed E-state index contributed by atoms with van der Waals surface area (Å²) in [5, 5.41) is 4.00. The molecule has 1 aromatic heterocycles. The first kappa shape index (κ1) is 15.1. The summed E-state index contributed by atoms with van der Waals surface area (Å²) in [7, 11) is 4.25. The average molecular weight is 280 g/mol. The predicted octanol–water partition coefficient (Wildman–Crippen LogP) is 0.626. The van der Waals surface area contributed by atoms with Gasteiger partial charge in [-0.05, 0) is 14.1 Å². The van der Waals surface area contributed by atoms with Crippen molar-refractivity contribution in [3.63, 3.8) is 0 Å². The highest BCUT2D eigenvalue weighted by molar-refractivity contribution is 5.81. The highest BCUT2D eigenvalue weighted by Crippen LogP contribution is 2.11. The van der Waals surface area contributed by atoms with Crippen LogP contribution in [0.2, 0.25) is 0 Å². The van der Waals surface area contributed by atoms with E-state index >= 15 is 0 Å². The minimum atomic E-state index is 0.00322. The lowest BCUT2D eigenvalue weighted by Gasteiger charge is -2.37. The third kappa shape index (κ3) is 3.86. The van der Waals surface area contributed by atoms with Gasteiger partial charge in [-0.2, -0.15) is 4.98 Å². The molecule has 0 amide bonds. The van der Waals surface area contributed by atoms with Crippen LogP contribution in [0.3, 0.4) is 0 Å². The average Bonchev–Trinajstić information content (AvgIpc) is 2.81. The molecular formula is C14H24N4O2. The SMILES string of the molecule is CC(C)C(=O)Cc1nc(CC2CN(C)CCN2C)no1. The normalized spacial score (nSPS) is 21.6. The Morgan fingerprint density at radius 1 is 1.40 bits per heavy atom. The maximum atomic E-state index is 11.7. The molecule has 2 rings (SSSR count). The molecule has 1 aliphatic rings. The van der Waals surface area contributed by atoms with Crippen LogP contribution in [-0.2, 0) is 17.6 Å². The van der Waals surface area contributed by atoms with Gasteiger partial charge in [0.15, 0.2) is 5.82 Å². The van der Waals surface area contributed by atoms with Crippen molar-refractivity contribution in [1.82, 2.24) is 19.9 Å². The molecule has 0 saturated carbocycles. The third-order valence-corrected chi connectivity index (χ3v) is 3.88. The minimum absolute atomic E-state index is 0.00322. The van der Waals surface area contributed by atoms with E-state index in [0.717, 1.165) is 26.1 Å². The first-order chi connectivity index (χ1) is 9.45. The lowest BCUT2D eigenvalue weighted by molar-refractivity contribution is -0.121. The van der Waals surface area contributed by atoms with Gasteiger partial charge in [0.05, 0.1) is 6.42 Å². The number of nitrogens with zero attached hydrogens (tertiary/aromatic N) is 4. The van der Waals surface area contributed by atoms with Crippen LogP contribution in [0.4, 0.5) is 0 Å². The monoisotopic (exact) mass is 280 g/mol. The van der Waals surface area contributed by atoms with E-state index < -0.39 is 0 Å². The standard InChI is InChI=1S/C14H24N4O2/c1-10(2)12(19)8-14-15-13(16-20-14)7-11-9-17(3)5-6-18(11)4/h10-11H,5-9H2,1-4H3. The fraction of sp³-hybridized carbons (Fsp3) is 0.786. The summed E-state index contributed by atoms with van der Waals surface area (Å²) >= 11 is 0. The van der Waals surface area contributed by atoms with Crippen molar-refractivity contribution < 1.29 is 9.32 Å². The summed E-state index contributed by atoms with van der Waals surface area (Å²) in [6.45, 7) is 6.91. The zero-order chi connectivity index (χ0) is 14.7. The number of rotatable bonds is 5. The van der Waals surface area contributed by atoms with Crippen LogP contribution in [0.5, 0.6) is 0 Å². The fourth-order valence-electron chi connectivity index (χ4n) is 2.33. The number of hydrogen-bond acceptors (Lipinski definition) is 6. The van der Waals surface area contributed by atoms with Crippen LogP contribution >= 0.6 is 0 Å². The van der Waals surface area contributed by atoms with Gasteiger partial charge in [-0.25, -0.2) is 0 Å². The quantitative estimate of drug-likeness (QED) is 0.788. The number of hydrogen-bond donors (Lipinski definition) is 0. The Morgan fingerprint density at radius 3 is 2.85 bits per heavy atom. The summed E-state index contributed by atoms with van der Waals surface area (Å²) in [6.07, 6.45) is 1.01. The third-order valence-electron chi connectivity index (χ3n) is 3.88. The second kappa shape index (κ2) is 6.45. The van der Waals surface area contributed by atoms with E-state index in [0.29, 0.717) is 17.8 Å². The molecule has 20 heavy (non-hydrogen) atoms. The number of carbonyl (C=O) groups is 1. The zero-order valence-corrected chi connectivity index (χ0v) is 12.8. The maximum Gasteiger partial charge on any atom is 0.234 e. The number of ketones is 1. The Kier molecular flexibility index (Phi) is 4.88. The molecule has 1 aliphatic heterocycles. The molecule has 112 valence electrons. The van der Waals surface area contributed by atoms with Crippen molar-refractivity contribution in [1.29, 1.82) is 0 Å². The van der Waals surface area contributed by atoms with E-state index in [-0.39, 0.29) is 18.1 Å². The second-order valence-electron chi connectivity index (χ2n) is 6.00. The largest absolute Gasteiger partial charge is 0.339 e. The smallest absolute Gasteiger partial charge is 0.234 e. The maximum absolute atomic E-state index is 11.7. The van der Waals surface area contributed by atoms with Gasteiger partial charge in [0.2, 0.25) is 5.89 Å². The van der Waals surface area contributed by atoms with Crippen LogP contribution in [0.1, 0.15) is 25.6 Å². The van der Waals surface area contributed by atoms with Crippen molar-refractivity contribution >= 4 is 5.78 Å². The first-order valence-electron chi connectivity index (χ1n) is 7.18. The van der Waals surface area contributed by atoms with Crippen LogP contribution in [0, 0.1) is 5.92 Å². The van der Waals surface area contributed by atoms with Gasteiger partial charge < -0.3 is 14.3 Å². The second-order valence-corrected chi connectivity index (χ2v) is 6.00. The Labute approximate surface area is 120 Å². The number of likely N-dealkylation sites (N-methyl/N-ethyl adjacent to an activating group) is 2.